The fourth-order valence-corrected chi connectivity index (χ4v) is 1.76. The molecule has 0 saturated heterocycles. The number of benzene rings is 1. The van der Waals surface area contributed by atoms with E-state index in [0.717, 1.165) is 12.1 Å². The summed E-state index contributed by atoms with van der Waals surface area (Å²) in [6, 6.07) is 3.80. The molecule has 1 aromatic rings. The first-order chi connectivity index (χ1) is 10.7. The fraction of sp³-hybridized carbons (Fsp3) is 0.429. The van der Waals surface area contributed by atoms with Crippen molar-refractivity contribution in [3.05, 3.63) is 24.3 Å². The molecule has 1 amide bonds. The van der Waals surface area contributed by atoms with Gasteiger partial charge in [-0.05, 0) is 30.7 Å². The maximum atomic E-state index is 12.0. The van der Waals surface area contributed by atoms with E-state index in [1.54, 1.807) is 0 Å². The van der Waals surface area contributed by atoms with Gasteiger partial charge in [0.1, 0.15) is 11.8 Å². The number of halogens is 3. The lowest BCUT2D eigenvalue weighted by atomic mass is 10.2. The summed E-state index contributed by atoms with van der Waals surface area (Å²) in [6.07, 6.45) is -3.75. The number of carboxylic acids is 1. The number of anilines is 1. The number of hydrogen-bond acceptors (Lipinski definition) is 4. The van der Waals surface area contributed by atoms with Gasteiger partial charge < -0.3 is 15.2 Å². The fourth-order valence-electron chi connectivity index (χ4n) is 1.76. The largest absolute Gasteiger partial charge is 0.573 e. The Kier molecular flexibility index (Phi) is 6.83. The minimum absolute atomic E-state index is 0.224. The van der Waals surface area contributed by atoms with Crippen molar-refractivity contribution in [1.82, 2.24) is 5.32 Å². The number of ether oxygens (including phenoxy) is 1. The highest BCUT2D eigenvalue weighted by molar-refractivity contribution is 5.92. The monoisotopic (exact) mass is 334 g/mol. The van der Waals surface area contributed by atoms with Crippen LogP contribution in [0, 0.1) is 0 Å². The van der Waals surface area contributed by atoms with Crippen molar-refractivity contribution in [2.45, 2.75) is 32.2 Å². The van der Waals surface area contributed by atoms with Crippen LogP contribution in [0.1, 0.15) is 19.8 Å². The highest BCUT2D eigenvalue weighted by atomic mass is 19.4. The van der Waals surface area contributed by atoms with Crippen molar-refractivity contribution in [2.24, 2.45) is 0 Å². The second-order valence-electron chi connectivity index (χ2n) is 4.68. The van der Waals surface area contributed by atoms with E-state index in [9.17, 15) is 22.8 Å². The molecule has 0 aliphatic carbocycles. The lowest BCUT2D eigenvalue weighted by Gasteiger charge is -2.13. The van der Waals surface area contributed by atoms with Crippen LogP contribution >= 0.6 is 0 Å². The Morgan fingerprint density at radius 3 is 2.35 bits per heavy atom. The molecule has 23 heavy (non-hydrogen) atoms. The summed E-state index contributed by atoms with van der Waals surface area (Å²) < 4.78 is 39.7. The summed E-state index contributed by atoms with van der Waals surface area (Å²) in [6.45, 7) is 1.60. The number of alkyl halides is 3. The maximum Gasteiger partial charge on any atom is 0.573 e. The zero-order valence-corrected chi connectivity index (χ0v) is 12.3. The van der Waals surface area contributed by atoms with E-state index >= 15 is 0 Å². The van der Waals surface area contributed by atoms with Crippen LogP contribution in [-0.4, -0.2) is 35.9 Å². The third-order valence-electron chi connectivity index (χ3n) is 2.76. The van der Waals surface area contributed by atoms with Crippen LogP contribution in [0.3, 0.4) is 0 Å². The Labute approximate surface area is 130 Å². The van der Waals surface area contributed by atoms with Crippen molar-refractivity contribution >= 4 is 17.6 Å². The quantitative estimate of drug-likeness (QED) is 0.679. The minimum Gasteiger partial charge on any atom is -0.480 e. The summed E-state index contributed by atoms with van der Waals surface area (Å²) in [5, 5.41) is 14.0. The Hall–Kier alpha value is -2.29. The van der Waals surface area contributed by atoms with Crippen LogP contribution < -0.4 is 15.4 Å². The molecule has 0 aliphatic heterocycles. The van der Waals surface area contributed by atoms with Gasteiger partial charge in [0, 0.05) is 5.69 Å². The van der Waals surface area contributed by atoms with Gasteiger partial charge in [-0.3, -0.25) is 14.9 Å². The van der Waals surface area contributed by atoms with Crippen LogP contribution in [0.2, 0.25) is 0 Å². The van der Waals surface area contributed by atoms with Gasteiger partial charge in [0.2, 0.25) is 5.91 Å². The predicted octanol–water partition coefficient (Wildman–Crippen LogP) is 2.37. The van der Waals surface area contributed by atoms with Gasteiger partial charge in [0.25, 0.3) is 0 Å². The maximum absolute atomic E-state index is 12.0. The van der Waals surface area contributed by atoms with Crippen LogP contribution in [-0.2, 0) is 9.59 Å². The molecule has 0 spiro atoms. The summed E-state index contributed by atoms with van der Waals surface area (Å²) >= 11 is 0. The molecular weight excluding hydrogens is 317 g/mol. The van der Waals surface area contributed by atoms with Gasteiger partial charge in [0.05, 0.1) is 6.54 Å². The zero-order valence-electron chi connectivity index (χ0n) is 12.3. The van der Waals surface area contributed by atoms with Gasteiger partial charge in [-0.2, -0.15) is 0 Å². The normalized spacial score (nSPS) is 12.5. The van der Waals surface area contributed by atoms with Crippen molar-refractivity contribution in [2.75, 3.05) is 11.9 Å². The number of amides is 1. The number of carbonyl (C=O) groups excluding carboxylic acids is 1. The third-order valence-corrected chi connectivity index (χ3v) is 2.76. The summed E-state index contributed by atoms with van der Waals surface area (Å²) in [5.74, 6) is -1.95. The number of carbonyl (C=O) groups is 2. The van der Waals surface area contributed by atoms with E-state index in [-0.39, 0.29) is 12.2 Å². The summed E-state index contributed by atoms with van der Waals surface area (Å²) in [5.41, 5.74) is 0.272. The molecule has 0 aromatic heterocycles. The van der Waals surface area contributed by atoms with Crippen molar-refractivity contribution in [1.29, 1.82) is 0 Å². The number of nitrogens with one attached hydrogen (secondary N) is 2. The Morgan fingerprint density at radius 1 is 1.26 bits per heavy atom. The summed E-state index contributed by atoms with van der Waals surface area (Å²) in [4.78, 5) is 22.6. The van der Waals surface area contributed by atoms with E-state index in [0.29, 0.717) is 12.8 Å². The Bertz CT molecular complexity index is 532. The first-order valence-corrected chi connectivity index (χ1v) is 6.83. The highest BCUT2D eigenvalue weighted by Gasteiger charge is 2.30. The number of rotatable bonds is 8. The third kappa shape index (κ3) is 7.50. The molecule has 1 unspecified atom stereocenters. The van der Waals surface area contributed by atoms with E-state index in [1.165, 1.54) is 12.1 Å². The predicted molar refractivity (Wildman–Crippen MR) is 76.1 cm³/mol. The SMILES string of the molecule is CCCC(NCC(=O)Nc1ccc(OC(F)(F)F)cc1)C(=O)O. The molecule has 0 radical (unpaired) electrons. The van der Waals surface area contributed by atoms with Gasteiger partial charge in [0.15, 0.2) is 0 Å². The average molecular weight is 334 g/mol. The zero-order chi connectivity index (χ0) is 17.5. The Balaban J connectivity index is 2.49. The number of aliphatic carboxylic acids is 1. The molecule has 1 rings (SSSR count). The van der Waals surface area contributed by atoms with Crippen LogP contribution in [0.15, 0.2) is 24.3 Å². The van der Waals surface area contributed by atoms with Crippen LogP contribution in [0.25, 0.3) is 0 Å². The molecule has 0 aliphatic rings. The highest BCUT2D eigenvalue weighted by Crippen LogP contribution is 2.23. The molecule has 9 heteroatoms. The number of carboxylic acid groups (broad SMARTS) is 1. The molecule has 0 saturated carbocycles. The topological polar surface area (TPSA) is 87.7 Å². The summed E-state index contributed by atoms with van der Waals surface area (Å²) in [7, 11) is 0. The van der Waals surface area contributed by atoms with Gasteiger partial charge in [-0.15, -0.1) is 13.2 Å². The molecule has 3 N–H and O–H groups in total. The first kappa shape index (κ1) is 18.8. The van der Waals surface area contributed by atoms with Crippen molar-refractivity contribution in [3.8, 4) is 5.75 Å². The van der Waals surface area contributed by atoms with Gasteiger partial charge in [-0.1, -0.05) is 13.3 Å². The average Bonchev–Trinajstić information content (AvgIpc) is 2.43. The molecule has 0 heterocycles. The van der Waals surface area contributed by atoms with Crippen molar-refractivity contribution in [3.63, 3.8) is 0 Å². The first-order valence-electron chi connectivity index (χ1n) is 6.83. The van der Waals surface area contributed by atoms with Gasteiger partial charge >= 0.3 is 12.3 Å². The van der Waals surface area contributed by atoms with E-state index in [1.807, 2.05) is 6.92 Å². The minimum atomic E-state index is -4.78. The smallest absolute Gasteiger partial charge is 0.480 e. The van der Waals surface area contributed by atoms with Crippen molar-refractivity contribution < 1.29 is 32.6 Å². The van der Waals surface area contributed by atoms with E-state index in [4.69, 9.17) is 5.11 Å². The number of hydrogen-bond donors (Lipinski definition) is 3. The van der Waals surface area contributed by atoms with Gasteiger partial charge in [-0.25, -0.2) is 0 Å². The lowest BCUT2D eigenvalue weighted by molar-refractivity contribution is -0.274. The molecule has 1 atom stereocenters. The molecule has 0 fully saturated rings. The van der Waals surface area contributed by atoms with E-state index < -0.39 is 30.0 Å². The Morgan fingerprint density at radius 2 is 1.87 bits per heavy atom. The molecular formula is C14H17F3N2O4. The van der Waals surface area contributed by atoms with E-state index in [2.05, 4.69) is 15.4 Å². The molecule has 0 bridgehead atoms. The molecule has 6 nitrogen and oxygen atoms in total. The van der Waals surface area contributed by atoms with Crippen LogP contribution in [0.4, 0.5) is 18.9 Å². The lowest BCUT2D eigenvalue weighted by Crippen LogP contribution is -2.41. The second-order valence-corrected chi connectivity index (χ2v) is 4.68. The standard InChI is InChI=1S/C14H17F3N2O4/c1-2-3-11(13(21)22)18-8-12(20)19-9-4-6-10(7-5-9)23-14(15,16)17/h4-7,11,18H,2-3,8H2,1H3,(H,19,20)(H,21,22). The molecule has 128 valence electrons. The molecule has 1 aromatic carbocycles. The van der Waals surface area contributed by atoms with Crippen LogP contribution in [0.5, 0.6) is 5.75 Å². The second kappa shape index (κ2) is 8.37.